The van der Waals surface area contributed by atoms with Gasteiger partial charge in [-0.05, 0) is 73.2 Å². The van der Waals surface area contributed by atoms with Crippen LogP contribution in [0.2, 0.25) is 0 Å². The summed E-state index contributed by atoms with van der Waals surface area (Å²) in [5.41, 5.74) is 1.54. The van der Waals surface area contributed by atoms with Gasteiger partial charge in [0.05, 0.1) is 41.7 Å². The molecule has 8 nitrogen and oxygen atoms in total. The predicted molar refractivity (Wildman–Crippen MR) is 154 cm³/mol. The van der Waals surface area contributed by atoms with E-state index in [0.29, 0.717) is 33.9 Å². The second kappa shape index (κ2) is 11.3. The fourth-order valence-electron chi connectivity index (χ4n) is 4.62. The van der Waals surface area contributed by atoms with Crippen LogP contribution in [0.5, 0.6) is 11.5 Å². The zero-order valence-corrected chi connectivity index (χ0v) is 23.2. The Bertz CT molecular complexity index is 1790. The zero-order valence-electron chi connectivity index (χ0n) is 22.4. The maximum absolute atomic E-state index is 14.2. The molecule has 0 aliphatic carbocycles. The van der Waals surface area contributed by atoms with Crippen molar-refractivity contribution < 1.29 is 17.9 Å². The van der Waals surface area contributed by atoms with E-state index in [1.165, 1.54) is 28.1 Å². The van der Waals surface area contributed by atoms with E-state index in [9.17, 15) is 13.2 Å². The Kier molecular flexibility index (Phi) is 7.68. The van der Waals surface area contributed by atoms with Gasteiger partial charge in [-0.2, -0.15) is 4.31 Å². The summed E-state index contributed by atoms with van der Waals surface area (Å²) in [5.74, 6) is 1.47. The van der Waals surface area contributed by atoms with E-state index >= 15 is 0 Å². The first-order valence-electron chi connectivity index (χ1n) is 12.7. The molecule has 1 unspecified atom stereocenters. The zero-order chi connectivity index (χ0) is 28.3. The molecule has 204 valence electrons. The van der Waals surface area contributed by atoms with Crippen molar-refractivity contribution in [1.82, 2.24) is 13.9 Å². The van der Waals surface area contributed by atoms with Crippen molar-refractivity contribution >= 4 is 20.9 Å². The van der Waals surface area contributed by atoms with E-state index in [2.05, 4.69) is 0 Å². The molecule has 5 rings (SSSR count). The molecule has 0 bridgehead atoms. The Morgan fingerprint density at radius 1 is 0.800 bits per heavy atom. The summed E-state index contributed by atoms with van der Waals surface area (Å²) in [7, 11) is -0.953. The number of benzene rings is 4. The van der Waals surface area contributed by atoms with Crippen molar-refractivity contribution in [3.8, 4) is 17.2 Å². The monoisotopic (exact) mass is 555 g/mol. The minimum Gasteiger partial charge on any atom is -0.497 e. The highest BCUT2D eigenvalue weighted by Crippen LogP contribution is 2.31. The van der Waals surface area contributed by atoms with E-state index in [0.717, 1.165) is 5.56 Å². The largest absolute Gasteiger partial charge is 0.497 e. The molecule has 0 saturated heterocycles. The summed E-state index contributed by atoms with van der Waals surface area (Å²) in [6.45, 7) is 1.82. The standard InChI is InChI=1S/C31H29N3O5S/c1-22(33(21-23-9-5-4-6-10-23)40(36,37)27-19-17-26(39-3)18-20-27)30-32-29-12-8-7-11-28(29)31(35)34(30)24-13-15-25(38-2)16-14-24/h4-20,22H,21H2,1-3H3. The van der Waals surface area contributed by atoms with Crippen LogP contribution in [0, 0.1) is 0 Å². The van der Waals surface area contributed by atoms with Gasteiger partial charge in [0.1, 0.15) is 17.3 Å². The number of hydrogen-bond donors (Lipinski definition) is 0. The molecule has 1 aromatic heterocycles. The lowest BCUT2D eigenvalue weighted by Gasteiger charge is -2.30. The topological polar surface area (TPSA) is 90.7 Å². The third-order valence-corrected chi connectivity index (χ3v) is 8.72. The van der Waals surface area contributed by atoms with Crippen molar-refractivity contribution in [3.63, 3.8) is 0 Å². The van der Waals surface area contributed by atoms with Crippen LogP contribution < -0.4 is 15.0 Å². The first-order chi connectivity index (χ1) is 19.3. The summed E-state index contributed by atoms with van der Waals surface area (Å²) >= 11 is 0. The van der Waals surface area contributed by atoms with Crippen LogP contribution in [0.1, 0.15) is 24.4 Å². The van der Waals surface area contributed by atoms with Gasteiger partial charge in [-0.15, -0.1) is 0 Å². The SMILES string of the molecule is COc1ccc(-n2c(C(C)N(Cc3ccccc3)S(=O)(=O)c3ccc(OC)cc3)nc3ccccc3c2=O)cc1. The van der Waals surface area contributed by atoms with Gasteiger partial charge >= 0.3 is 0 Å². The fourth-order valence-corrected chi connectivity index (χ4v) is 6.20. The van der Waals surface area contributed by atoms with Crippen LogP contribution in [-0.4, -0.2) is 36.5 Å². The number of ether oxygens (including phenoxy) is 2. The molecular formula is C31H29N3O5S. The maximum atomic E-state index is 14.2. The Morgan fingerprint density at radius 3 is 2.00 bits per heavy atom. The van der Waals surface area contributed by atoms with Gasteiger partial charge in [0.15, 0.2) is 0 Å². The minimum atomic E-state index is -4.04. The van der Waals surface area contributed by atoms with E-state index in [4.69, 9.17) is 14.5 Å². The van der Waals surface area contributed by atoms with E-state index < -0.39 is 16.1 Å². The molecule has 0 aliphatic rings. The number of para-hydroxylation sites is 1. The summed E-state index contributed by atoms with van der Waals surface area (Å²) in [5, 5.41) is 0.432. The fraction of sp³-hybridized carbons (Fsp3) is 0.161. The first-order valence-corrected chi connectivity index (χ1v) is 14.1. The summed E-state index contributed by atoms with van der Waals surface area (Å²) < 4.78 is 41.7. The number of nitrogens with zero attached hydrogens (tertiary/aromatic N) is 3. The second-order valence-corrected chi connectivity index (χ2v) is 11.1. The average Bonchev–Trinajstić information content (AvgIpc) is 3.00. The number of hydrogen-bond acceptors (Lipinski definition) is 6. The molecular weight excluding hydrogens is 526 g/mol. The quantitative estimate of drug-likeness (QED) is 0.243. The third-order valence-electron chi connectivity index (χ3n) is 6.79. The summed E-state index contributed by atoms with van der Waals surface area (Å²) in [6.07, 6.45) is 0. The van der Waals surface area contributed by atoms with Crippen LogP contribution >= 0.6 is 0 Å². The highest BCUT2D eigenvalue weighted by molar-refractivity contribution is 7.89. The van der Waals surface area contributed by atoms with Crippen LogP contribution in [0.4, 0.5) is 0 Å². The van der Waals surface area contributed by atoms with Gasteiger partial charge in [-0.25, -0.2) is 13.4 Å². The molecule has 1 heterocycles. The van der Waals surface area contributed by atoms with E-state index in [1.807, 2.05) is 30.3 Å². The Hall–Kier alpha value is -4.47. The molecule has 0 spiro atoms. The maximum Gasteiger partial charge on any atom is 0.266 e. The number of methoxy groups -OCH3 is 2. The minimum absolute atomic E-state index is 0.0711. The van der Waals surface area contributed by atoms with Gasteiger partial charge in [0.25, 0.3) is 5.56 Å². The molecule has 0 aliphatic heterocycles. The van der Waals surface area contributed by atoms with Gasteiger partial charge < -0.3 is 9.47 Å². The van der Waals surface area contributed by atoms with E-state index in [1.54, 1.807) is 74.7 Å². The van der Waals surface area contributed by atoms with Crippen LogP contribution in [-0.2, 0) is 16.6 Å². The lowest BCUT2D eigenvalue weighted by atomic mass is 10.1. The Labute approximate surface area is 233 Å². The Morgan fingerprint density at radius 2 is 1.38 bits per heavy atom. The number of rotatable bonds is 9. The number of aromatic nitrogens is 2. The van der Waals surface area contributed by atoms with Gasteiger partial charge in [-0.1, -0.05) is 42.5 Å². The smallest absolute Gasteiger partial charge is 0.266 e. The highest BCUT2D eigenvalue weighted by atomic mass is 32.2. The molecule has 9 heteroatoms. The number of fused-ring (bicyclic) bond motifs is 1. The van der Waals surface area contributed by atoms with Gasteiger partial charge in [-0.3, -0.25) is 9.36 Å². The lowest BCUT2D eigenvalue weighted by Crippen LogP contribution is -2.37. The molecule has 0 N–H and O–H groups in total. The van der Waals surface area contributed by atoms with Crippen molar-refractivity contribution in [1.29, 1.82) is 0 Å². The highest BCUT2D eigenvalue weighted by Gasteiger charge is 2.33. The van der Waals surface area contributed by atoms with Crippen molar-refractivity contribution in [2.24, 2.45) is 0 Å². The average molecular weight is 556 g/mol. The molecule has 4 aromatic carbocycles. The van der Waals surface area contributed by atoms with E-state index in [-0.39, 0.29) is 17.0 Å². The summed E-state index contributed by atoms with van der Waals surface area (Å²) in [4.78, 5) is 18.9. The van der Waals surface area contributed by atoms with Crippen LogP contribution in [0.15, 0.2) is 113 Å². The molecule has 5 aromatic rings. The second-order valence-electron chi connectivity index (χ2n) is 9.21. The molecule has 0 radical (unpaired) electrons. The van der Waals surface area contributed by atoms with Crippen LogP contribution in [0.3, 0.4) is 0 Å². The molecule has 1 atom stereocenters. The Balaban J connectivity index is 1.72. The van der Waals surface area contributed by atoms with Crippen molar-refractivity contribution in [3.05, 3.63) is 125 Å². The van der Waals surface area contributed by atoms with Crippen LogP contribution in [0.25, 0.3) is 16.6 Å². The third kappa shape index (κ3) is 5.21. The molecule has 0 fully saturated rings. The van der Waals surface area contributed by atoms with Crippen molar-refractivity contribution in [2.75, 3.05) is 14.2 Å². The molecule has 0 saturated carbocycles. The number of sulfonamides is 1. The first kappa shape index (κ1) is 27.1. The normalized spacial score (nSPS) is 12.4. The summed E-state index contributed by atoms with van der Waals surface area (Å²) in [6, 6.07) is 28.8. The molecule has 0 amide bonds. The molecule has 40 heavy (non-hydrogen) atoms. The lowest BCUT2D eigenvalue weighted by molar-refractivity contribution is 0.320. The predicted octanol–water partition coefficient (Wildman–Crippen LogP) is 5.36. The van der Waals surface area contributed by atoms with Gasteiger partial charge in [0.2, 0.25) is 10.0 Å². The van der Waals surface area contributed by atoms with Gasteiger partial charge in [0, 0.05) is 6.54 Å². The van der Waals surface area contributed by atoms with Crippen molar-refractivity contribution in [2.45, 2.75) is 24.4 Å².